The average Bonchev–Trinajstić information content (AvgIpc) is 3.26. The van der Waals surface area contributed by atoms with E-state index in [1.54, 1.807) is 11.3 Å². The Labute approximate surface area is 191 Å². The lowest BCUT2D eigenvalue weighted by Crippen LogP contribution is -2.44. The number of nitrogens with one attached hydrogen (secondary N) is 1. The molecular weight excluding hydrogens is 416 g/mol. The lowest BCUT2D eigenvalue weighted by atomic mass is 10.1. The van der Waals surface area contributed by atoms with Crippen LogP contribution in [0.2, 0.25) is 0 Å². The Morgan fingerprint density at radius 1 is 1.06 bits per heavy atom. The minimum absolute atomic E-state index is 0.566. The highest BCUT2D eigenvalue weighted by Crippen LogP contribution is 2.36. The molecule has 2 aromatic carbocycles. The van der Waals surface area contributed by atoms with E-state index in [-0.39, 0.29) is 0 Å². The third kappa shape index (κ3) is 4.03. The summed E-state index contributed by atoms with van der Waals surface area (Å²) < 4.78 is 1.09. The van der Waals surface area contributed by atoms with E-state index in [1.165, 1.54) is 5.69 Å². The summed E-state index contributed by atoms with van der Waals surface area (Å²) in [6.07, 6.45) is 1.85. The first-order chi connectivity index (χ1) is 15.6. The van der Waals surface area contributed by atoms with Gasteiger partial charge in [-0.15, -0.1) is 11.3 Å². The van der Waals surface area contributed by atoms with E-state index in [9.17, 15) is 5.26 Å². The van der Waals surface area contributed by atoms with Crippen LogP contribution < -0.4 is 10.2 Å². The number of rotatable bonds is 4. The lowest BCUT2D eigenvalue weighted by molar-refractivity contribution is 0.313. The number of hydrogen-bond acceptors (Lipinski definition) is 7. The molecule has 6 nitrogen and oxygen atoms in total. The summed E-state index contributed by atoms with van der Waals surface area (Å²) in [5.74, 6) is 0.566. The van der Waals surface area contributed by atoms with Crippen molar-refractivity contribution < 1.29 is 0 Å². The summed E-state index contributed by atoms with van der Waals surface area (Å²) in [6.45, 7) is 6.30. The van der Waals surface area contributed by atoms with Crippen LogP contribution in [0.3, 0.4) is 0 Å². The van der Waals surface area contributed by atoms with Gasteiger partial charge in [-0.1, -0.05) is 6.07 Å². The molecule has 0 atom stereocenters. The zero-order chi connectivity index (χ0) is 22.1. The van der Waals surface area contributed by atoms with Crippen LogP contribution in [0.1, 0.15) is 11.1 Å². The Morgan fingerprint density at radius 3 is 2.59 bits per heavy atom. The molecular formula is C25H24N6S. The van der Waals surface area contributed by atoms with Crippen molar-refractivity contribution in [1.29, 1.82) is 5.26 Å². The van der Waals surface area contributed by atoms with Crippen LogP contribution in [-0.2, 0) is 0 Å². The highest BCUT2D eigenvalue weighted by molar-refractivity contribution is 7.22. The molecule has 32 heavy (non-hydrogen) atoms. The van der Waals surface area contributed by atoms with Gasteiger partial charge < -0.3 is 15.1 Å². The summed E-state index contributed by atoms with van der Waals surface area (Å²) >= 11 is 1.65. The zero-order valence-electron chi connectivity index (χ0n) is 18.2. The topological polar surface area (TPSA) is 68.1 Å². The van der Waals surface area contributed by atoms with Crippen molar-refractivity contribution in [2.45, 2.75) is 6.92 Å². The molecule has 7 heteroatoms. The van der Waals surface area contributed by atoms with E-state index >= 15 is 0 Å². The molecule has 0 unspecified atom stereocenters. The third-order valence-corrected chi connectivity index (χ3v) is 6.99. The van der Waals surface area contributed by atoms with E-state index in [2.05, 4.69) is 63.5 Å². The van der Waals surface area contributed by atoms with Gasteiger partial charge in [0.05, 0.1) is 22.2 Å². The van der Waals surface area contributed by atoms with Crippen LogP contribution >= 0.6 is 11.3 Å². The molecule has 4 aromatic rings. The minimum Gasteiger partial charge on any atom is -0.369 e. The number of likely N-dealkylation sites (N-methyl/N-ethyl adjacent to an activating group) is 1. The van der Waals surface area contributed by atoms with Crippen LogP contribution in [0.5, 0.6) is 0 Å². The van der Waals surface area contributed by atoms with Crippen molar-refractivity contribution in [2.75, 3.05) is 43.4 Å². The Kier molecular flexibility index (Phi) is 5.48. The number of nitriles is 1. The van der Waals surface area contributed by atoms with Crippen molar-refractivity contribution in [3.05, 3.63) is 65.9 Å². The minimum atomic E-state index is 0.566. The van der Waals surface area contributed by atoms with Crippen molar-refractivity contribution in [3.8, 4) is 16.6 Å². The Morgan fingerprint density at radius 2 is 1.84 bits per heavy atom. The highest BCUT2D eigenvalue weighted by atomic mass is 32.1. The molecule has 1 saturated heterocycles. The molecule has 1 aliphatic rings. The summed E-state index contributed by atoms with van der Waals surface area (Å²) in [5.41, 5.74) is 4.79. The number of hydrogen-bond donors (Lipinski definition) is 1. The molecule has 0 aliphatic carbocycles. The van der Waals surface area contributed by atoms with Crippen LogP contribution in [0.25, 0.3) is 20.7 Å². The summed E-state index contributed by atoms with van der Waals surface area (Å²) in [5, 5.41) is 13.7. The average molecular weight is 441 g/mol. The first kappa shape index (κ1) is 20.4. The molecule has 0 radical (unpaired) electrons. The fourth-order valence-electron chi connectivity index (χ4n) is 3.98. The summed E-state index contributed by atoms with van der Waals surface area (Å²) in [4.78, 5) is 15.1. The molecule has 0 spiro atoms. The number of fused-ring (bicyclic) bond motifs is 1. The molecule has 0 amide bonds. The molecule has 1 fully saturated rings. The van der Waals surface area contributed by atoms with Crippen molar-refractivity contribution >= 4 is 38.7 Å². The first-order valence-electron chi connectivity index (χ1n) is 10.7. The van der Waals surface area contributed by atoms with E-state index < -0.39 is 0 Å². The monoisotopic (exact) mass is 440 g/mol. The van der Waals surface area contributed by atoms with Gasteiger partial charge in [0.15, 0.2) is 0 Å². The van der Waals surface area contributed by atoms with Crippen molar-refractivity contribution in [1.82, 2.24) is 14.9 Å². The van der Waals surface area contributed by atoms with E-state index in [4.69, 9.17) is 4.98 Å². The summed E-state index contributed by atoms with van der Waals surface area (Å²) in [6, 6.07) is 18.6. The number of piperazine rings is 1. The molecule has 1 N–H and O–H groups in total. The fourth-order valence-corrected chi connectivity index (χ4v) is 5.12. The van der Waals surface area contributed by atoms with Gasteiger partial charge in [0, 0.05) is 53.8 Å². The van der Waals surface area contributed by atoms with Crippen molar-refractivity contribution in [2.24, 2.45) is 0 Å². The number of aromatic nitrogens is 2. The van der Waals surface area contributed by atoms with E-state index in [0.29, 0.717) is 11.5 Å². The first-order valence-corrected chi connectivity index (χ1v) is 11.5. The van der Waals surface area contributed by atoms with E-state index in [1.807, 2.05) is 31.3 Å². The van der Waals surface area contributed by atoms with Gasteiger partial charge in [0.1, 0.15) is 0 Å². The standard InChI is InChI=1S/C25H24N6S/c1-17-16-27-25(28-19-6-8-20(9-7-19)31-12-10-30(2)11-13-31)29-24(17)23-14-21-18(15-26)4-3-5-22(21)32-23/h3-9,14,16H,10-13H2,1-2H3,(H,27,28,29). The van der Waals surface area contributed by atoms with E-state index in [0.717, 1.165) is 58.1 Å². The number of aryl methyl sites for hydroxylation is 1. The van der Waals surface area contributed by atoms with Gasteiger partial charge in [-0.2, -0.15) is 5.26 Å². The predicted molar refractivity (Wildman–Crippen MR) is 132 cm³/mol. The maximum atomic E-state index is 9.41. The second kappa shape index (κ2) is 8.58. The third-order valence-electron chi connectivity index (χ3n) is 5.88. The van der Waals surface area contributed by atoms with Gasteiger partial charge in [-0.25, -0.2) is 9.97 Å². The van der Waals surface area contributed by atoms with Gasteiger partial charge in [-0.05, 0) is 62.0 Å². The molecule has 5 rings (SSSR count). The van der Waals surface area contributed by atoms with Gasteiger partial charge in [0.2, 0.25) is 5.95 Å². The maximum absolute atomic E-state index is 9.41. The van der Waals surface area contributed by atoms with Crippen molar-refractivity contribution in [3.63, 3.8) is 0 Å². The zero-order valence-corrected chi connectivity index (χ0v) is 19.0. The Balaban J connectivity index is 1.38. The number of benzene rings is 2. The SMILES string of the molecule is Cc1cnc(Nc2ccc(N3CCN(C)CC3)cc2)nc1-c1cc2c(C#N)cccc2s1. The number of anilines is 3. The van der Waals surface area contributed by atoms with Crippen LogP contribution in [0.4, 0.5) is 17.3 Å². The molecule has 0 saturated carbocycles. The smallest absolute Gasteiger partial charge is 0.227 e. The second-order valence-corrected chi connectivity index (χ2v) is 9.21. The lowest BCUT2D eigenvalue weighted by Gasteiger charge is -2.34. The molecule has 0 bridgehead atoms. The largest absolute Gasteiger partial charge is 0.369 e. The Hall–Kier alpha value is -3.47. The number of nitrogens with zero attached hydrogens (tertiary/aromatic N) is 5. The maximum Gasteiger partial charge on any atom is 0.227 e. The highest BCUT2D eigenvalue weighted by Gasteiger charge is 2.15. The normalized spacial score (nSPS) is 14.5. The Bertz CT molecular complexity index is 1300. The van der Waals surface area contributed by atoms with Gasteiger partial charge in [-0.3, -0.25) is 0 Å². The molecule has 3 heterocycles. The van der Waals surface area contributed by atoms with Crippen LogP contribution in [0, 0.1) is 18.3 Å². The molecule has 1 aliphatic heterocycles. The number of thiophene rings is 1. The fraction of sp³-hybridized carbons (Fsp3) is 0.240. The summed E-state index contributed by atoms with van der Waals surface area (Å²) in [7, 11) is 2.17. The van der Waals surface area contributed by atoms with Crippen LogP contribution in [-0.4, -0.2) is 48.1 Å². The molecule has 2 aromatic heterocycles. The quantitative estimate of drug-likeness (QED) is 0.480. The molecule has 160 valence electrons. The van der Waals surface area contributed by atoms with Gasteiger partial charge >= 0.3 is 0 Å². The van der Waals surface area contributed by atoms with Crippen LogP contribution in [0.15, 0.2) is 54.7 Å². The van der Waals surface area contributed by atoms with Gasteiger partial charge in [0.25, 0.3) is 0 Å². The second-order valence-electron chi connectivity index (χ2n) is 8.13. The predicted octanol–water partition coefficient (Wildman–Crippen LogP) is 5.03.